The Balaban J connectivity index is 1.40. The highest BCUT2D eigenvalue weighted by atomic mass is 32.2. The fourth-order valence-electron chi connectivity index (χ4n) is 6.06. The molecule has 0 aliphatic rings. The van der Waals surface area contributed by atoms with Gasteiger partial charge < -0.3 is 28.9 Å². The van der Waals surface area contributed by atoms with Gasteiger partial charge >= 0.3 is 13.6 Å². The van der Waals surface area contributed by atoms with Gasteiger partial charge in [0, 0.05) is 35.9 Å². The molecule has 0 fully saturated rings. The van der Waals surface area contributed by atoms with Gasteiger partial charge in [-0.05, 0) is 92.3 Å². The minimum Gasteiger partial charge on any atom is -0.487 e. The molecule has 0 saturated carbocycles. The highest BCUT2D eigenvalue weighted by molar-refractivity contribution is 7.92. The van der Waals surface area contributed by atoms with Crippen LogP contribution in [0.5, 0.6) is 23.0 Å². The highest BCUT2D eigenvalue weighted by Gasteiger charge is 2.34. The molecule has 62 heavy (non-hydrogen) atoms. The number of thiophene rings is 1. The standard InChI is InChI=1S/C42H41F3N3O11PS2/c1-6-31-35-36(44)38(57-17-15-47-41(51)28-12-14-34(25(4)19-28)58-26(5)49)39(56-16-7-8-33(50)27-10-9-23(2)24(3)18-27)37(45)40(35)61-42(31)62(54,55)48-22-60(52,53)59-30-13-11-29(21-46)32(43)20-30/h9-14,18-20,48H,6-8,15-17,22H2,1-5H3,(H,47,51)(H,52,53). The molecule has 5 aromatic rings. The van der Waals surface area contributed by atoms with Crippen LogP contribution in [0.1, 0.15) is 75.2 Å². The van der Waals surface area contributed by atoms with Crippen LogP contribution in [-0.2, 0) is 25.8 Å². The fourth-order valence-corrected chi connectivity index (χ4v) is 10.5. The third-order valence-corrected chi connectivity index (χ3v) is 13.8. The highest BCUT2D eigenvalue weighted by Crippen LogP contribution is 2.47. The Kier molecular flexibility index (Phi) is 15.2. The second-order valence-electron chi connectivity index (χ2n) is 13.9. The van der Waals surface area contributed by atoms with Gasteiger partial charge in [-0.25, -0.2) is 26.2 Å². The first-order chi connectivity index (χ1) is 29.3. The van der Waals surface area contributed by atoms with Crippen molar-refractivity contribution in [2.24, 2.45) is 0 Å². The summed E-state index contributed by atoms with van der Waals surface area (Å²) in [5.41, 5.74) is 2.53. The first-order valence-corrected chi connectivity index (χ1v) is 22.9. The number of sulfonamides is 1. The summed E-state index contributed by atoms with van der Waals surface area (Å²) in [6.07, 6.45) is -1.34. The minimum atomic E-state index is -4.86. The van der Waals surface area contributed by atoms with Crippen molar-refractivity contribution in [1.82, 2.24) is 10.0 Å². The third-order valence-electron chi connectivity index (χ3n) is 9.30. The Morgan fingerprint density at radius 3 is 2.23 bits per heavy atom. The number of nitriles is 1. The van der Waals surface area contributed by atoms with Crippen molar-refractivity contribution in [3.8, 4) is 29.1 Å². The zero-order chi connectivity index (χ0) is 45.5. The van der Waals surface area contributed by atoms with Crippen molar-refractivity contribution in [3.05, 3.63) is 111 Å². The predicted molar refractivity (Wildman–Crippen MR) is 223 cm³/mol. The van der Waals surface area contributed by atoms with Crippen molar-refractivity contribution < 1.29 is 64.2 Å². The molecule has 1 aromatic heterocycles. The van der Waals surface area contributed by atoms with Gasteiger partial charge in [-0.1, -0.05) is 19.1 Å². The molecular weight excluding hydrogens is 875 g/mol. The molecule has 0 saturated heterocycles. The number of aryl methyl sites for hydroxylation is 4. The van der Waals surface area contributed by atoms with Crippen LogP contribution in [0, 0.1) is 49.6 Å². The number of esters is 1. The number of carbonyl (C=O) groups is 3. The number of amides is 1. The van der Waals surface area contributed by atoms with Gasteiger partial charge in [-0.2, -0.15) is 9.98 Å². The van der Waals surface area contributed by atoms with Crippen molar-refractivity contribution in [1.29, 1.82) is 5.26 Å². The van der Waals surface area contributed by atoms with E-state index >= 15 is 8.78 Å². The van der Waals surface area contributed by atoms with E-state index in [1.165, 1.54) is 32.0 Å². The lowest BCUT2D eigenvalue weighted by atomic mass is 10.0. The molecule has 328 valence electrons. The molecule has 0 radical (unpaired) electrons. The van der Waals surface area contributed by atoms with E-state index < -0.39 is 91.4 Å². The predicted octanol–water partition coefficient (Wildman–Crippen LogP) is 7.95. The summed E-state index contributed by atoms with van der Waals surface area (Å²) >= 11 is 0.327. The quantitative estimate of drug-likeness (QED) is 0.0237. The number of hydrogen-bond donors (Lipinski definition) is 3. The van der Waals surface area contributed by atoms with Crippen LogP contribution in [-0.4, -0.2) is 57.0 Å². The van der Waals surface area contributed by atoms with E-state index in [2.05, 4.69) is 5.32 Å². The zero-order valence-electron chi connectivity index (χ0n) is 34.0. The van der Waals surface area contributed by atoms with E-state index in [0.29, 0.717) is 28.5 Å². The Morgan fingerprint density at radius 2 is 1.58 bits per heavy atom. The smallest absolute Gasteiger partial charge is 0.391 e. The monoisotopic (exact) mass is 915 g/mol. The van der Waals surface area contributed by atoms with Crippen LogP contribution in [0.15, 0.2) is 58.8 Å². The van der Waals surface area contributed by atoms with Crippen molar-refractivity contribution in [3.63, 3.8) is 0 Å². The van der Waals surface area contributed by atoms with E-state index in [1.54, 1.807) is 25.1 Å². The topological polar surface area (TPSA) is 207 Å². The second kappa shape index (κ2) is 20.0. The average molecular weight is 916 g/mol. The first-order valence-electron chi connectivity index (χ1n) is 18.9. The summed E-state index contributed by atoms with van der Waals surface area (Å²) < 4.78 is 110. The number of fused-ring (bicyclic) bond motifs is 1. The van der Waals surface area contributed by atoms with Crippen LogP contribution < -0.4 is 28.8 Å². The average Bonchev–Trinajstić information content (AvgIpc) is 3.63. The van der Waals surface area contributed by atoms with Crippen LogP contribution in [0.25, 0.3) is 10.1 Å². The summed E-state index contributed by atoms with van der Waals surface area (Å²) in [6, 6.07) is 13.9. The molecule has 1 atom stereocenters. The summed E-state index contributed by atoms with van der Waals surface area (Å²) in [5, 5.41) is 11.1. The first kappa shape index (κ1) is 47.3. The normalized spacial score (nSPS) is 12.3. The summed E-state index contributed by atoms with van der Waals surface area (Å²) in [5.74, 6) is -6.41. The Morgan fingerprint density at radius 1 is 0.903 bits per heavy atom. The molecule has 0 spiro atoms. The minimum absolute atomic E-state index is 0.00993. The molecule has 3 N–H and O–H groups in total. The number of Topliss-reactive ketones (excluding diaryl/α,β-unsaturated/α-hetero) is 1. The van der Waals surface area contributed by atoms with E-state index in [4.69, 9.17) is 24.0 Å². The summed E-state index contributed by atoms with van der Waals surface area (Å²) in [6.45, 7) is 7.18. The van der Waals surface area contributed by atoms with Crippen LogP contribution in [0.3, 0.4) is 0 Å². The van der Waals surface area contributed by atoms with Crippen LogP contribution in [0.4, 0.5) is 13.2 Å². The lowest BCUT2D eigenvalue weighted by Crippen LogP contribution is -2.28. The number of hydrogen-bond acceptors (Lipinski definition) is 12. The molecule has 5 rings (SSSR count). The SMILES string of the molecule is CCc1c(S(=O)(=O)NCP(=O)(O)Oc2ccc(C#N)c(F)c2)sc2c(F)c(OCCCC(=O)c3ccc(C)c(C)c3)c(OCCNC(=O)c3ccc(OC(C)=O)c(C)c3)c(F)c12. The van der Waals surface area contributed by atoms with Crippen molar-refractivity contribution in [2.45, 2.75) is 58.1 Å². The number of benzene rings is 4. The fraction of sp³-hybridized carbons (Fsp3) is 0.286. The molecule has 0 bridgehead atoms. The molecule has 14 nitrogen and oxygen atoms in total. The number of rotatable bonds is 19. The van der Waals surface area contributed by atoms with E-state index in [1.807, 2.05) is 24.6 Å². The molecule has 1 heterocycles. The summed E-state index contributed by atoms with van der Waals surface area (Å²) in [4.78, 5) is 47.6. The summed E-state index contributed by atoms with van der Waals surface area (Å²) in [7, 11) is -9.65. The lowest BCUT2D eigenvalue weighted by molar-refractivity contribution is -0.131. The largest absolute Gasteiger partial charge is 0.487 e. The van der Waals surface area contributed by atoms with Crippen LogP contribution in [0.2, 0.25) is 0 Å². The number of nitrogens with zero attached hydrogens (tertiary/aromatic N) is 1. The van der Waals surface area contributed by atoms with Crippen molar-refractivity contribution in [2.75, 3.05) is 26.0 Å². The van der Waals surface area contributed by atoms with Gasteiger partial charge in [0.2, 0.25) is 11.5 Å². The molecule has 0 aliphatic heterocycles. The molecule has 1 unspecified atom stereocenters. The number of nitrogens with one attached hydrogen (secondary N) is 2. The van der Waals surface area contributed by atoms with Gasteiger partial charge in [0.1, 0.15) is 40.5 Å². The van der Waals surface area contributed by atoms with E-state index in [-0.39, 0.29) is 60.6 Å². The maximum atomic E-state index is 16.7. The van der Waals surface area contributed by atoms with Crippen molar-refractivity contribution >= 4 is 56.7 Å². The number of ketones is 1. The number of ether oxygens (including phenoxy) is 3. The van der Waals surface area contributed by atoms with Gasteiger partial charge in [0.15, 0.2) is 17.4 Å². The lowest BCUT2D eigenvalue weighted by Gasteiger charge is -2.16. The van der Waals surface area contributed by atoms with Gasteiger partial charge in [-0.3, -0.25) is 14.4 Å². The van der Waals surface area contributed by atoms with E-state index in [0.717, 1.165) is 23.3 Å². The Hall–Kier alpha value is -5.77. The van der Waals surface area contributed by atoms with Crippen LogP contribution >= 0.6 is 18.9 Å². The molecule has 0 aliphatic carbocycles. The number of carbonyl (C=O) groups excluding carboxylic acids is 3. The molecule has 4 aromatic carbocycles. The second-order valence-corrected chi connectivity index (χ2v) is 18.6. The third kappa shape index (κ3) is 11.2. The zero-order valence-corrected chi connectivity index (χ0v) is 36.5. The maximum Gasteiger partial charge on any atom is 0.391 e. The Labute approximate surface area is 359 Å². The molecule has 20 heteroatoms. The van der Waals surface area contributed by atoms with Gasteiger partial charge in [0.05, 0.1) is 23.4 Å². The van der Waals surface area contributed by atoms with E-state index in [9.17, 15) is 36.7 Å². The Bertz CT molecular complexity index is 2770. The molecular formula is C42H41F3N3O11PS2. The van der Waals surface area contributed by atoms with Gasteiger partial charge in [-0.15, -0.1) is 11.3 Å². The number of halogens is 3. The maximum absolute atomic E-state index is 16.7. The van der Waals surface area contributed by atoms with Gasteiger partial charge in [0.25, 0.3) is 15.9 Å². The molecule has 1 amide bonds.